The van der Waals surface area contributed by atoms with E-state index in [-0.39, 0.29) is 0 Å². The largest absolute Gasteiger partial charge is 0.317 e. The van der Waals surface area contributed by atoms with Crippen LogP contribution in [0, 0.1) is 29.6 Å². The minimum absolute atomic E-state index is 0.986. The molecule has 5 fully saturated rings. The van der Waals surface area contributed by atoms with E-state index in [1.165, 1.54) is 136 Å². The lowest BCUT2D eigenvalue weighted by Crippen LogP contribution is -2.41. The molecule has 3 unspecified atom stereocenters. The lowest BCUT2D eigenvalue weighted by atomic mass is 10.0. The van der Waals surface area contributed by atoms with Crippen LogP contribution in [0.1, 0.15) is 119 Å². The minimum atomic E-state index is 0.986. The van der Waals surface area contributed by atoms with Crippen molar-refractivity contribution in [1.82, 2.24) is 26.6 Å². The van der Waals surface area contributed by atoms with Crippen LogP contribution in [0.4, 0.5) is 0 Å². The lowest BCUT2D eigenvalue weighted by molar-refractivity contribution is 0.339. The monoisotopic (exact) mass is 564 g/mol. The van der Waals surface area contributed by atoms with Gasteiger partial charge in [0.15, 0.2) is 0 Å². The third kappa shape index (κ3) is 18.2. The predicted molar refractivity (Wildman–Crippen MR) is 179 cm³/mol. The van der Waals surface area contributed by atoms with Crippen LogP contribution >= 0.6 is 0 Å². The highest BCUT2D eigenvalue weighted by molar-refractivity contribution is 5.05. The zero-order valence-corrected chi connectivity index (χ0v) is 28.0. The zero-order chi connectivity index (χ0) is 29.3. The maximum absolute atomic E-state index is 3.47. The summed E-state index contributed by atoms with van der Waals surface area (Å²) in [4.78, 5) is 0. The third-order valence-corrected chi connectivity index (χ3v) is 9.33. The Morgan fingerprint density at radius 3 is 1.43 bits per heavy atom. The van der Waals surface area contributed by atoms with Gasteiger partial charge in [0.2, 0.25) is 0 Å². The molecular formula is C35H73N5. The van der Waals surface area contributed by atoms with Gasteiger partial charge in [-0.2, -0.15) is 0 Å². The molecule has 0 spiro atoms. The standard InChI is InChI=1S/C9H17N.C7H13N.C6H13N.2C5H11N.C3H8/c1-2-7-3-8-5-10-6-9(8)4-7;1-2-7-3-5-8-6-4-7;1-2-6-3-4-7-5-6;1-2-5-3-6-4-5;1-2-4-6-5-3-1;1-3-2/h7-10H,2-6H2,1H3;3,8H,2,4-6H2,1H3;6-7H,2-5H2,1H3;5-6H,2-4H2,1H3;6H,1-5H2;3H2,1-2H3. The van der Waals surface area contributed by atoms with E-state index in [9.17, 15) is 0 Å². The Kier molecular flexibility index (Phi) is 24.6. The van der Waals surface area contributed by atoms with E-state index < -0.39 is 0 Å². The van der Waals surface area contributed by atoms with Crippen LogP contribution in [0.5, 0.6) is 0 Å². The number of hydrogen-bond acceptors (Lipinski definition) is 5. The topological polar surface area (TPSA) is 60.1 Å². The molecule has 5 heterocycles. The quantitative estimate of drug-likeness (QED) is 0.245. The molecule has 0 radical (unpaired) electrons. The molecule has 0 aromatic carbocycles. The van der Waals surface area contributed by atoms with Crippen molar-refractivity contribution in [2.24, 2.45) is 29.6 Å². The Hall–Kier alpha value is -0.460. The average Bonchev–Trinajstić information content (AvgIpc) is 3.74. The second-order valence-electron chi connectivity index (χ2n) is 12.8. The summed E-state index contributed by atoms with van der Waals surface area (Å²) in [6.45, 7) is 25.7. The van der Waals surface area contributed by atoms with Gasteiger partial charge in [0.1, 0.15) is 0 Å². The van der Waals surface area contributed by atoms with E-state index in [0.717, 1.165) is 36.1 Å². The highest BCUT2D eigenvalue weighted by atomic mass is 14.9. The second kappa shape index (κ2) is 26.2. The molecule has 5 nitrogen and oxygen atoms in total. The van der Waals surface area contributed by atoms with Gasteiger partial charge in [-0.3, -0.25) is 0 Å². The molecule has 238 valence electrons. The molecule has 0 aromatic heterocycles. The van der Waals surface area contributed by atoms with Gasteiger partial charge < -0.3 is 26.6 Å². The van der Waals surface area contributed by atoms with Gasteiger partial charge in [-0.1, -0.05) is 85.3 Å². The molecule has 0 bridgehead atoms. The number of rotatable bonds is 4. The highest BCUT2D eigenvalue weighted by Gasteiger charge is 2.36. The predicted octanol–water partition coefficient (Wildman–Crippen LogP) is 6.76. The average molecular weight is 564 g/mol. The van der Waals surface area contributed by atoms with Crippen LogP contribution in [-0.4, -0.2) is 65.4 Å². The van der Waals surface area contributed by atoms with Crippen LogP contribution < -0.4 is 26.6 Å². The maximum atomic E-state index is 3.47. The van der Waals surface area contributed by atoms with Gasteiger partial charge in [0.05, 0.1) is 0 Å². The van der Waals surface area contributed by atoms with Crippen molar-refractivity contribution in [3.05, 3.63) is 11.6 Å². The molecule has 1 saturated carbocycles. The SMILES string of the molecule is C1CCNCC1.CCC.CCC1=CCNCC1.CCC1CC2CNCC2C1.CCC1CCNC1.CCC1CNC1. The van der Waals surface area contributed by atoms with Crippen LogP contribution in [0.15, 0.2) is 11.6 Å². The second-order valence-corrected chi connectivity index (χ2v) is 12.8. The van der Waals surface area contributed by atoms with Crippen LogP contribution in [-0.2, 0) is 0 Å². The number of piperidine rings is 1. The smallest absolute Gasteiger partial charge is 0.0137 e. The molecule has 3 atom stereocenters. The van der Waals surface area contributed by atoms with Gasteiger partial charge >= 0.3 is 0 Å². The number of hydrogen-bond donors (Lipinski definition) is 5. The molecule has 40 heavy (non-hydrogen) atoms. The molecule has 0 amide bonds. The Labute approximate surface area is 251 Å². The van der Waals surface area contributed by atoms with Crippen LogP contribution in [0.2, 0.25) is 0 Å². The first kappa shape index (κ1) is 37.6. The van der Waals surface area contributed by atoms with E-state index in [0.29, 0.717) is 0 Å². The van der Waals surface area contributed by atoms with E-state index in [1.807, 2.05) is 0 Å². The molecule has 0 aromatic rings. The molecule has 4 saturated heterocycles. The van der Waals surface area contributed by atoms with Crippen molar-refractivity contribution in [1.29, 1.82) is 0 Å². The van der Waals surface area contributed by atoms with Crippen molar-refractivity contribution in [2.75, 3.05) is 65.4 Å². The maximum Gasteiger partial charge on any atom is 0.0137 e. The number of fused-ring (bicyclic) bond motifs is 1. The Morgan fingerprint density at radius 1 is 0.575 bits per heavy atom. The van der Waals surface area contributed by atoms with E-state index in [1.54, 1.807) is 5.57 Å². The molecule has 5 heteroatoms. The van der Waals surface area contributed by atoms with Crippen molar-refractivity contribution in [3.63, 3.8) is 0 Å². The zero-order valence-electron chi connectivity index (χ0n) is 28.0. The van der Waals surface area contributed by atoms with Gasteiger partial charge in [0, 0.05) is 6.54 Å². The summed E-state index contributed by atoms with van der Waals surface area (Å²) >= 11 is 0. The first-order valence-corrected chi connectivity index (χ1v) is 17.8. The van der Waals surface area contributed by atoms with Gasteiger partial charge in [-0.25, -0.2) is 0 Å². The summed E-state index contributed by atoms with van der Waals surface area (Å²) in [5, 5.41) is 16.6. The van der Waals surface area contributed by atoms with Crippen LogP contribution in [0.25, 0.3) is 0 Å². The van der Waals surface area contributed by atoms with Gasteiger partial charge in [-0.05, 0) is 133 Å². The Bertz CT molecular complexity index is 540. The fraction of sp³-hybridized carbons (Fsp3) is 0.943. The lowest BCUT2D eigenvalue weighted by Gasteiger charge is -2.25. The normalized spacial score (nSPS) is 28.6. The number of nitrogens with one attached hydrogen (secondary N) is 5. The van der Waals surface area contributed by atoms with Crippen molar-refractivity contribution < 1.29 is 0 Å². The molecule has 5 N–H and O–H groups in total. The van der Waals surface area contributed by atoms with E-state index in [2.05, 4.69) is 74.2 Å². The van der Waals surface area contributed by atoms with Gasteiger partial charge in [-0.15, -0.1) is 0 Å². The fourth-order valence-electron chi connectivity index (χ4n) is 6.12. The van der Waals surface area contributed by atoms with E-state index >= 15 is 0 Å². The van der Waals surface area contributed by atoms with Crippen molar-refractivity contribution >= 4 is 0 Å². The summed E-state index contributed by atoms with van der Waals surface area (Å²) in [6, 6.07) is 0. The summed E-state index contributed by atoms with van der Waals surface area (Å²) in [6.07, 6.45) is 18.8. The van der Waals surface area contributed by atoms with Gasteiger partial charge in [0.25, 0.3) is 0 Å². The molecule has 6 rings (SSSR count). The molecular weight excluding hydrogens is 490 g/mol. The highest BCUT2D eigenvalue weighted by Crippen LogP contribution is 2.39. The molecule has 6 aliphatic rings. The summed E-state index contributed by atoms with van der Waals surface area (Å²) < 4.78 is 0. The first-order valence-electron chi connectivity index (χ1n) is 17.8. The van der Waals surface area contributed by atoms with Crippen molar-refractivity contribution in [3.8, 4) is 0 Å². The summed E-state index contributed by atoms with van der Waals surface area (Å²) in [7, 11) is 0. The minimum Gasteiger partial charge on any atom is -0.317 e. The van der Waals surface area contributed by atoms with Crippen molar-refractivity contribution in [2.45, 2.75) is 119 Å². The summed E-state index contributed by atoms with van der Waals surface area (Å²) in [5.74, 6) is 5.15. The van der Waals surface area contributed by atoms with Crippen LogP contribution in [0.3, 0.4) is 0 Å². The fourth-order valence-corrected chi connectivity index (χ4v) is 6.12. The summed E-state index contributed by atoms with van der Waals surface area (Å²) in [5.41, 5.74) is 1.61. The van der Waals surface area contributed by atoms with E-state index in [4.69, 9.17) is 0 Å². The Balaban J connectivity index is 0.000000247. The molecule has 1 aliphatic carbocycles. The molecule has 5 aliphatic heterocycles. The third-order valence-electron chi connectivity index (χ3n) is 9.33. The first-order chi connectivity index (χ1) is 19.6. The Morgan fingerprint density at radius 2 is 1.15 bits per heavy atom.